The van der Waals surface area contributed by atoms with Gasteiger partial charge in [0.05, 0.1) is 12.8 Å². The third-order valence-electron chi connectivity index (χ3n) is 5.42. The topological polar surface area (TPSA) is 80.6 Å². The van der Waals surface area contributed by atoms with E-state index in [1.54, 1.807) is 42.7 Å². The average Bonchev–Trinajstić information content (AvgIpc) is 3.28. The van der Waals surface area contributed by atoms with Gasteiger partial charge in [-0.1, -0.05) is 59.7 Å². The van der Waals surface area contributed by atoms with Crippen LogP contribution in [0.1, 0.15) is 68.8 Å². The molecule has 0 bridgehead atoms. The van der Waals surface area contributed by atoms with E-state index in [-0.39, 0.29) is 29.3 Å². The average molecular weight is 463 g/mol. The number of amides is 2. The van der Waals surface area contributed by atoms with Crippen LogP contribution in [0.5, 0.6) is 5.75 Å². The normalized spacial score (nSPS) is 11.7. The summed E-state index contributed by atoms with van der Waals surface area (Å²) in [7, 11) is 0. The lowest BCUT2D eigenvalue weighted by Crippen LogP contribution is -2.24. The second-order valence-electron chi connectivity index (χ2n) is 10.4. The Kier molecular flexibility index (Phi) is 7.50. The van der Waals surface area contributed by atoms with Crippen LogP contribution in [0.4, 0.5) is 5.69 Å². The van der Waals surface area contributed by atoms with Crippen molar-refractivity contribution in [2.24, 2.45) is 0 Å². The SMILES string of the molecule is CC(C)(C)c1ccc(OCC(=O)Nc2cccc(C(=O)NCc3ccco3)c2)c(C(C)(C)C)c1. The first kappa shape index (κ1) is 25.1. The minimum Gasteiger partial charge on any atom is -0.483 e. The van der Waals surface area contributed by atoms with Gasteiger partial charge < -0.3 is 19.8 Å². The number of furan rings is 1. The Morgan fingerprint density at radius 2 is 1.68 bits per heavy atom. The van der Waals surface area contributed by atoms with E-state index in [4.69, 9.17) is 9.15 Å². The molecule has 2 N–H and O–H groups in total. The Balaban J connectivity index is 1.63. The second kappa shape index (κ2) is 10.2. The summed E-state index contributed by atoms with van der Waals surface area (Å²) in [6.45, 7) is 13.1. The zero-order valence-corrected chi connectivity index (χ0v) is 20.8. The molecule has 0 saturated heterocycles. The summed E-state index contributed by atoms with van der Waals surface area (Å²) in [5, 5.41) is 5.60. The molecule has 0 fully saturated rings. The van der Waals surface area contributed by atoms with Gasteiger partial charge in [0, 0.05) is 11.3 Å². The highest BCUT2D eigenvalue weighted by molar-refractivity contribution is 5.97. The number of nitrogens with one attached hydrogen (secondary N) is 2. The highest BCUT2D eigenvalue weighted by atomic mass is 16.5. The van der Waals surface area contributed by atoms with E-state index in [1.807, 2.05) is 12.1 Å². The Labute approximate surface area is 201 Å². The van der Waals surface area contributed by atoms with E-state index in [2.05, 4.69) is 58.2 Å². The number of carbonyl (C=O) groups excluding carboxylic acids is 2. The van der Waals surface area contributed by atoms with Crippen molar-refractivity contribution >= 4 is 17.5 Å². The Morgan fingerprint density at radius 1 is 0.912 bits per heavy atom. The largest absolute Gasteiger partial charge is 0.483 e. The molecular weight excluding hydrogens is 428 g/mol. The predicted octanol–water partition coefficient (Wildman–Crippen LogP) is 5.82. The van der Waals surface area contributed by atoms with Crippen LogP contribution in [0, 0.1) is 0 Å². The van der Waals surface area contributed by atoms with E-state index in [0.29, 0.717) is 29.3 Å². The van der Waals surface area contributed by atoms with E-state index < -0.39 is 0 Å². The molecule has 0 spiro atoms. The Bertz CT molecular complexity index is 1140. The molecule has 2 aromatic carbocycles. The fourth-order valence-corrected chi connectivity index (χ4v) is 3.47. The first-order valence-corrected chi connectivity index (χ1v) is 11.4. The molecule has 0 radical (unpaired) electrons. The fraction of sp³-hybridized carbons (Fsp3) is 0.357. The summed E-state index contributed by atoms with van der Waals surface area (Å²) in [4.78, 5) is 25.0. The minimum atomic E-state index is -0.298. The number of ether oxygens (including phenoxy) is 1. The zero-order chi connectivity index (χ0) is 24.9. The maximum Gasteiger partial charge on any atom is 0.262 e. The molecule has 3 aromatic rings. The maximum atomic E-state index is 12.6. The highest BCUT2D eigenvalue weighted by Gasteiger charge is 2.23. The number of carbonyl (C=O) groups is 2. The zero-order valence-electron chi connectivity index (χ0n) is 20.8. The summed E-state index contributed by atoms with van der Waals surface area (Å²) in [5.74, 6) is 0.812. The molecular formula is C28H34N2O4. The van der Waals surface area contributed by atoms with Gasteiger partial charge in [-0.25, -0.2) is 0 Å². The molecule has 0 unspecified atom stereocenters. The van der Waals surface area contributed by atoms with Crippen LogP contribution in [0.25, 0.3) is 0 Å². The van der Waals surface area contributed by atoms with Crippen molar-refractivity contribution in [1.82, 2.24) is 5.32 Å². The first-order chi connectivity index (χ1) is 15.9. The van der Waals surface area contributed by atoms with E-state index in [1.165, 1.54) is 5.56 Å². The highest BCUT2D eigenvalue weighted by Crippen LogP contribution is 2.35. The van der Waals surface area contributed by atoms with Crippen LogP contribution in [-0.4, -0.2) is 18.4 Å². The molecule has 0 saturated carbocycles. The molecule has 3 rings (SSSR count). The maximum absolute atomic E-state index is 12.6. The molecule has 6 nitrogen and oxygen atoms in total. The summed E-state index contributed by atoms with van der Waals surface area (Å²) in [6, 6.07) is 16.5. The van der Waals surface area contributed by atoms with Crippen molar-refractivity contribution in [3.8, 4) is 5.75 Å². The van der Waals surface area contributed by atoms with E-state index in [9.17, 15) is 9.59 Å². The number of anilines is 1. The Hall–Kier alpha value is -3.54. The summed E-state index contributed by atoms with van der Waals surface area (Å²) >= 11 is 0. The lowest BCUT2D eigenvalue weighted by molar-refractivity contribution is -0.118. The molecule has 0 aliphatic heterocycles. The van der Waals surface area contributed by atoms with E-state index in [0.717, 1.165) is 5.56 Å². The van der Waals surface area contributed by atoms with Crippen LogP contribution >= 0.6 is 0 Å². The molecule has 34 heavy (non-hydrogen) atoms. The molecule has 6 heteroatoms. The molecule has 1 heterocycles. The van der Waals surface area contributed by atoms with Crippen LogP contribution in [0.3, 0.4) is 0 Å². The summed E-state index contributed by atoms with van der Waals surface area (Å²) in [6.07, 6.45) is 1.56. The standard InChI is InChI=1S/C28H34N2O4/c1-27(2,3)20-12-13-24(23(16-20)28(4,5)6)34-18-25(31)30-21-10-7-9-19(15-21)26(32)29-17-22-11-8-14-33-22/h7-16H,17-18H2,1-6H3,(H,29,32)(H,30,31). The van der Waals surface area contributed by atoms with Crippen LogP contribution in [0.15, 0.2) is 65.3 Å². The van der Waals surface area contributed by atoms with Crippen LogP contribution in [0.2, 0.25) is 0 Å². The van der Waals surface area contributed by atoms with Gasteiger partial charge >= 0.3 is 0 Å². The molecule has 2 amide bonds. The monoisotopic (exact) mass is 462 g/mol. The van der Waals surface area contributed by atoms with Crippen LogP contribution < -0.4 is 15.4 Å². The fourth-order valence-electron chi connectivity index (χ4n) is 3.47. The quantitative estimate of drug-likeness (QED) is 0.463. The van der Waals surface area contributed by atoms with Crippen molar-refractivity contribution < 1.29 is 18.7 Å². The number of hydrogen-bond acceptors (Lipinski definition) is 4. The van der Waals surface area contributed by atoms with Gasteiger partial charge in [0.15, 0.2) is 6.61 Å². The van der Waals surface area contributed by atoms with Crippen molar-refractivity contribution in [1.29, 1.82) is 0 Å². The van der Waals surface area contributed by atoms with Gasteiger partial charge in [-0.05, 0) is 58.4 Å². The van der Waals surface area contributed by atoms with Crippen LogP contribution in [-0.2, 0) is 22.2 Å². The third kappa shape index (κ3) is 6.73. The van der Waals surface area contributed by atoms with Gasteiger partial charge in [0.1, 0.15) is 11.5 Å². The van der Waals surface area contributed by atoms with Gasteiger partial charge in [0.25, 0.3) is 11.8 Å². The predicted molar refractivity (Wildman–Crippen MR) is 134 cm³/mol. The van der Waals surface area contributed by atoms with Crippen molar-refractivity contribution in [3.63, 3.8) is 0 Å². The third-order valence-corrected chi connectivity index (χ3v) is 5.42. The lowest BCUT2D eigenvalue weighted by atomic mass is 9.80. The molecule has 180 valence electrons. The molecule has 0 atom stereocenters. The summed E-state index contributed by atoms with van der Waals surface area (Å²) in [5.41, 5.74) is 3.13. The summed E-state index contributed by atoms with van der Waals surface area (Å²) < 4.78 is 11.1. The lowest BCUT2D eigenvalue weighted by Gasteiger charge is -2.27. The number of benzene rings is 2. The van der Waals surface area contributed by atoms with Gasteiger partial charge in [-0.15, -0.1) is 0 Å². The van der Waals surface area contributed by atoms with Crippen molar-refractivity contribution in [2.75, 3.05) is 11.9 Å². The van der Waals surface area contributed by atoms with Gasteiger partial charge in [-0.3, -0.25) is 9.59 Å². The van der Waals surface area contributed by atoms with Crippen molar-refractivity contribution in [2.45, 2.75) is 58.9 Å². The Morgan fingerprint density at radius 3 is 2.32 bits per heavy atom. The van der Waals surface area contributed by atoms with Crippen molar-refractivity contribution in [3.05, 3.63) is 83.3 Å². The van der Waals surface area contributed by atoms with Gasteiger partial charge in [0.2, 0.25) is 0 Å². The second-order valence-corrected chi connectivity index (χ2v) is 10.4. The molecule has 1 aromatic heterocycles. The van der Waals surface area contributed by atoms with Gasteiger partial charge in [-0.2, -0.15) is 0 Å². The molecule has 0 aliphatic rings. The van der Waals surface area contributed by atoms with E-state index >= 15 is 0 Å². The minimum absolute atomic E-state index is 0.0190. The number of hydrogen-bond donors (Lipinski definition) is 2. The first-order valence-electron chi connectivity index (χ1n) is 11.4. The number of rotatable bonds is 7. The molecule has 0 aliphatic carbocycles. The smallest absolute Gasteiger partial charge is 0.262 e.